The number of hydrogen-bond donors (Lipinski definition) is 1. The number of rotatable bonds is 4. The van der Waals surface area contributed by atoms with Crippen molar-refractivity contribution in [3.8, 4) is 0 Å². The number of allylic oxidation sites excluding steroid dienone is 1. The van der Waals surface area contributed by atoms with Crippen molar-refractivity contribution in [2.75, 3.05) is 6.61 Å². The maximum Gasteiger partial charge on any atom is 0.354 e. The number of ether oxygens (including phenoxy) is 1. The zero-order chi connectivity index (χ0) is 14.6. The molecule has 0 aromatic carbocycles. The summed E-state index contributed by atoms with van der Waals surface area (Å²) < 4.78 is 4.87. The van der Waals surface area contributed by atoms with Crippen molar-refractivity contribution in [2.45, 2.75) is 20.8 Å². The Kier molecular flexibility index (Phi) is 5.57. The van der Waals surface area contributed by atoms with E-state index in [4.69, 9.17) is 33.7 Å². The average molecular weight is 304 g/mol. The van der Waals surface area contributed by atoms with Gasteiger partial charge in [-0.05, 0) is 12.8 Å². The Hall–Kier alpha value is -1.33. The molecule has 0 aliphatic heterocycles. The zero-order valence-corrected chi connectivity index (χ0v) is 12.4. The molecular formula is C12H15Cl2N3O2. The third-order valence-corrected chi connectivity index (χ3v) is 2.65. The highest BCUT2D eigenvalue weighted by molar-refractivity contribution is 6.33. The van der Waals surface area contributed by atoms with Crippen molar-refractivity contribution < 1.29 is 9.53 Å². The van der Waals surface area contributed by atoms with Crippen molar-refractivity contribution in [1.82, 2.24) is 9.97 Å². The fourth-order valence-electron chi connectivity index (χ4n) is 1.52. The molecule has 0 amide bonds. The van der Waals surface area contributed by atoms with Gasteiger partial charge in [-0.25, -0.2) is 14.8 Å². The molecule has 1 heterocycles. The maximum absolute atomic E-state index is 11.7. The van der Waals surface area contributed by atoms with Crippen LogP contribution >= 0.6 is 23.2 Å². The molecule has 0 spiro atoms. The first-order valence-electron chi connectivity index (χ1n) is 5.74. The third kappa shape index (κ3) is 4.08. The standard InChI is InChI=1S/C12H15Cl2N3O2/c1-4-19-12(18)10(15)9(6(2)3)11-16-7(13)5-8(14)17-11/h5-6H,4,15H2,1-3H3/b10-9-. The van der Waals surface area contributed by atoms with Crippen LogP contribution in [-0.2, 0) is 9.53 Å². The summed E-state index contributed by atoms with van der Waals surface area (Å²) >= 11 is 11.7. The highest BCUT2D eigenvalue weighted by atomic mass is 35.5. The first kappa shape index (κ1) is 15.7. The Labute approximate surface area is 121 Å². The Morgan fingerprint density at radius 2 is 1.89 bits per heavy atom. The largest absolute Gasteiger partial charge is 0.461 e. The quantitative estimate of drug-likeness (QED) is 0.525. The minimum Gasteiger partial charge on any atom is -0.461 e. The van der Waals surface area contributed by atoms with Gasteiger partial charge in [0.2, 0.25) is 0 Å². The number of carbonyl (C=O) groups excluding carboxylic acids is 1. The molecular weight excluding hydrogens is 289 g/mol. The number of esters is 1. The summed E-state index contributed by atoms with van der Waals surface area (Å²) in [4.78, 5) is 19.8. The molecule has 7 heteroatoms. The van der Waals surface area contributed by atoms with E-state index in [-0.39, 0.29) is 34.4 Å². The molecule has 5 nitrogen and oxygen atoms in total. The molecule has 1 aromatic rings. The summed E-state index contributed by atoms with van der Waals surface area (Å²) in [5, 5.41) is 0.370. The lowest BCUT2D eigenvalue weighted by atomic mass is 10.00. The van der Waals surface area contributed by atoms with Crippen molar-refractivity contribution in [2.24, 2.45) is 11.7 Å². The van der Waals surface area contributed by atoms with Crippen LogP contribution in [0.5, 0.6) is 0 Å². The topological polar surface area (TPSA) is 78.1 Å². The second kappa shape index (κ2) is 6.73. The summed E-state index contributed by atoms with van der Waals surface area (Å²) in [6, 6.07) is 1.41. The zero-order valence-electron chi connectivity index (χ0n) is 10.9. The molecule has 0 atom stereocenters. The molecule has 0 aliphatic rings. The lowest BCUT2D eigenvalue weighted by Gasteiger charge is -2.13. The molecule has 0 aliphatic carbocycles. The number of nitrogens with zero attached hydrogens (tertiary/aromatic N) is 2. The molecule has 0 radical (unpaired) electrons. The van der Waals surface area contributed by atoms with Gasteiger partial charge in [-0.1, -0.05) is 37.0 Å². The second-order valence-corrected chi connectivity index (χ2v) is 4.81. The smallest absolute Gasteiger partial charge is 0.354 e. The molecule has 104 valence electrons. The fourth-order valence-corrected chi connectivity index (χ4v) is 1.94. The van der Waals surface area contributed by atoms with E-state index >= 15 is 0 Å². The minimum absolute atomic E-state index is 0.0322. The summed E-state index contributed by atoms with van der Waals surface area (Å²) in [6.07, 6.45) is 0. The monoisotopic (exact) mass is 303 g/mol. The number of halogens is 2. The van der Waals surface area contributed by atoms with E-state index in [2.05, 4.69) is 9.97 Å². The van der Waals surface area contributed by atoms with Gasteiger partial charge in [0.25, 0.3) is 0 Å². The third-order valence-electron chi connectivity index (χ3n) is 2.27. The van der Waals surface area contributed by atoms with Gasteiger partial charge in [0.15, 0.2) is 5.82 Å². The predicted octanol–water partition coefficient (Wildman–Crippen LogP) is 2.67. The Bertz CT molecular complexity index is 495. The average Bonchev–Trinajstić information content (AvgIpc) is 2.27. The number of hydrogen-bond acceptors (Lipinski definition) is 5. The molecule has 1 rings (SSSR count). The van der Waals surface area contributed by atoms with Crippen LogP contribution in [0.2, 0.25) is 10.3 Å². The Balaban J connectivity index is 3.35. The Morgan fingerprint density at radius 1 is 1.37 bits per heavy atom. The number of carbonyl (C=O) groups is 1. The first-order valence-corrected chi connectivity index (χ1v) is 6.49. The number of aromatic nitrogens is 2. The van der Waals surface area contributed by atoms with Crippen LogP contribution in [0.25, 0.3) is 5.57 Å². The van der Waals surface area contributed by atoms with Crippen LogP contribution in [0.1, 0.15) is 26.6 Å². The SMILES string of the molecule is CCOC(=O)/C(N)=C(/c1nc(Cl)cc(Cl)n1)C(C)C. The molecule has 1 aromatic heterocycles. The predicted molar refractivity (Wildman–Crippen MR) is 74.6 cm³/mol. The molecule has 19 heavy (non-hydrogen) atoms. The van der Waals surface area contributed by atoms with Gasteiger partial charge in [-0.15, -0.1) is 0 Å². The molecule has 0 bridgehead atoms. The lowest BCUT2D eigenvalue weighted by Crippen LogP contribution is -2.19. The molecule has 0 fully saturated rings. The summed E-state index contributed by atoms with van der Waals surface area (Å²) in [7, 11) is 0. The van der Waals surface area contributed by atoms with Crippen LogP contribution in [0.4, 0.5) is 0 Å². The minimum atomic E-state index is -0.606. The second-order valence-electron chi connectivity index (χ2n) is 4.04. The highest BCUT2D eigenvalue weighted by Gasteiger charge is 2.20. The summed E-state index contributed by atoms with van der Waals surface area (Å²) in [5.41, 5.74) is 6.25. The summed E-state index contributed by atoms with van der Waals surface area (Å²) in [5.74, 6) is -0.456. The van der Waals surface area contributed by atoms with Crippen LogP contribution in [0.15, 0.2) is 11.8 Å². The van der Waals surface area contributed by atoms with E-state index in [1.807, 2.05) is 13.8 Å². The molecule has 0 unspecified atom stereocenters. The number of nitrogens with two attached hydrogens (primary N) is 1. The van der Waals surface area contributed by atoms with Crippen molar-refractivity contribution in [3.63, 3.8) is 0 Å². The van der Waals surface area contributed by atoms with E-state index in [1.165, 1.54) is 6.07 Å². The van der Waals surface area contributed by atoms with Gasteiger partial charge < -0.3 is 10.5 Å². The van der Waals surface area contributed by atoms with Gasteiger partial charge in [0, 0.05) is 11.6 Å². The molecule has 0 saturated heterocycles. The van der Waals surface area contributed by atoms with Gasteiger partial charge in [-0.2, -0.15) is 0 Å². The summed E-state index contributed by atoms with van der Waals surface area (Å²) in [6.45, 7) is 5.66. The van der Waals surface area contributed by atoms with Gasteiger partial charge >= 0.3 is 5.97 Å². The maximum atomic E-state index is 11.7. The first-order chi connectivity index (χ1) is 8.86. The van der Waals surface area contributed by atoms with E-state index in [1.54, 1.807) is 6.92 Å². The molecule has 2 N–H and O–H groups in total. The normalized spacial score (nSPS) is 12.3. The van der Waals surface area contributed by atoms with E-state index < -0.39 is 5.97 Å². The van der Waals surface area contributed by atoms with Crippen molar-refractivity contribution >= 4 is 34.7 Å². The van der Waals surface area contributed by atoms with Gasteiger partial charge in [0.1, 0.15) is 16.0 Å². The fraction of sp³-hybridized carbons (Fsp3) is 0.417. The van der Waals surface area contributed by atoms with Crippen LogP contribution in [-0.4, -0.2) is 22.5 Å². The van der Waals surface area contributed by atoms with Crippen molar-refractivity contribution in [1.29, 1.82) is 0 Å². The van der Waals surface area contributed by atoms with Gasteiger partial charge in [-0.3, -0.25) is 0 Å². The van der Waals surface area contributed by atoms with Crippen LogP contribution in [0.3, 0.4) is 0 Å². The van der Waals surface area contributed by atoms with Crippen LogP contribution < -0.4 is 5.73 Å². The lowest BCUT2D eigenvalue weighted by molar-refractivity contribution is -0.138. The van der Waals surface area contributed by atoms with Gasteiger partial charge in [0.05, 0.1) is 6.61 Å². The molecule has 0 saturated carbocycles. The van der Waals surface area contributed by atoms with Crippen molar-refractivity contribution in [3.05, 3.63) is 27.9 Å². The Morgan fingerprint density at radius 3 is 2.32 bits per heavy atom. The van der Waals surface area contributed by atoms with E-state index in [9.17, 15) is 4.79 Å². The van der Waals surface area contributed by atoms with Crippen LogP contribution in [0, 0.1) is 5.92 Å². The highest BCUT2D eigenvalue weighted by Crippen LogP contribution is 2.25. The van der Waals surface area contributed by atoms with E-state index in [0.717, 1.165) is 0 Å². The van der Waals surface area contributed by atoms with E-state index in [0.29, 0.717) is 5.57 Å².